The van der Waals surface area contributed by atoms with E-state index in [2.05, 4.69) is 29.4 Å². The second-order valence-electron chi connectivity index (χ2n) is 7.15. The zero-order chi connectivity index (χ0) is 20.4. The van der Waals surface area contributed by atoms with Crippen LogP contribution in [0.3, 0.4) is 0 Å². The third kappa shape index (κ3) is 4.21. The van der Waals surface area contributed by atoms with Crippen LogP contribution < -0.4 is 9.64 Å². The van der Waals surface area contributed by atoms with Crippen molar-refractivity contribution in [3.8, 4) is 5.75 Å². The average molecular weight is 428 g/mol. The van der Waals surface area contributed by atoms with E-state index in [0.717, 1.165) is 53.7 Å². The van der Waals surface area contributed by atoms with E-state index >= 15 is 0 Å². The molecule has 0 aliphatic carbocycles. The highest BCUT2D eigenvalue weighted by Crippen LogP contribution is 2.34. The van der Waals surface area contributed by atoms with Crippen LogP contribution >= 0.6 is 23.1 Å². The molecule has 7 heteroatoms. The number of thioether (sulfide) groups is 1. The molecule has 5 nitrogen and oxygen atoms in total. The number of rotatable bonds is 5. The van der Waals surface area contributed by atoms with Crippen LogP contribution in [0.15, 0.2) is 41.3 Å². The Balaban J connectivity index is 1.39. The largest absolute Gasteiger partial charge is 0.496 e. The predicted molar refractivity (Wildman–Crippen MR) is 122 cm³/mol. The van der Waals surface area contributed by atoms with E-state index in [9.17, 15) is 4.79 Å². The van der Waals surface area contributed by atoms with E-state index in [1.54, 1.807) is 30.2 Å². The summed E-state index contributed by atoms with van der Waals surface area (Å²) in [5.41, 5.74) is 3.18. The number of methoxy groups -OCH3 is 1. The number of hydrogen-bond donors (Lipinski definition) is 0. The zero-order valence-corrected chi connectivity index (χ0v) is 18.6. The second kappa shape index (κ2) is 8.63. The first-order chi connectivity index (χ1) is 14.1. The summed E-state index contributed by atoms with van der Waals surface area (Å²) in [5, 5.41) is 1.05. The predicted octanol–water partition coefficient (Wildman–Crippen LogP) is 4.23. The lowest BCUT2D eigenvalue weighted by Gasteiger charge is -2.34. The van der Waals surface area contributed by atoms with Crippen LogP contribution in [-0.4, -0.2) is 55.3 Å². The third-order valence-electron chi connectivity index (χ3n) is 5.31. The minimum absolute atomic E-state index is 0.184. The fraction of sp³-hybridized carbons (Fsp3) is 0.364. The van der Waals surface area contributed by atoms with Crippen LogP contribution in [0, 0.1) is 6.92 Å². The molecule has 2 aromatic carbocycles. The van der Waals surface area contributed by atoms with E-state index < -0.39 is 0 Å². The van der Waals surface area contributed by atoms with Gasteiger partial charge in [0.15, 0.2) is 5.13 Å². The van der Waals surface area contributed by atoms with Crippen molar-refractivity contribution in [2.75, 3.05) is 44.4 Å². The number of anilines is 1. The first-order valence-electron chi connectivity index (χ1n) is 9.69. The quantitative estimate of drug-likeness (QED) is 0.571. The van der Waals surface area contributed by atoms with Crippen molar-refractivity contribution < 1.29 is 9.53 Å². The Bertz CT molecular complexity index is 1030. The van der Waals surface area contributed by atoms with Crippen LogP contribution in [0.25, 0.3) is 10.2 Å². The van der Waals surface area contributed by atoms with Crippen molar-refractivity contribution in [2.45, 2.75) is 18.2 Å². The maximum atomic E-state index is 12.8. The number of carbonyl (C=O) groups is 1. The lowest BCUT2D eigenvalue weighted by Crippen LogP contribution is -2.49. The summed E-state index contributed by atoms with van der Waals surface area (Å²) in [7, 11) is 1.67. The second-order valence-corrected chi connectivity index (χ2v) is 9.01. The maximum Gasteiger partial charge on any atom is 0.227 e. The number of hydrogen-bond acceptors (Lipinski definition) is 6. The summed E-state index contributed by atoms with van der Waals surface area (Å²) >= 11 is 3.47. The monoisotopic (exact) mass is 427 g/mol. The number of benzene rings is 2. The molecule has 1 saturated heterocycles. The fourth-order valence-corrected chi connectivity index (χ4v) is 5.37. The minimum atomic E-state index is 0.184. The lowest BCUT2D eigenvalue weighted by atomic mass is 10.1. The number of aryl methyl sites for hydroxylation is 1. The normalized spacial score (nSPS) is 14.4. The molecule has 1 aliphatic heterocycles. The van der Waals surface area contributed by atoms with Crippen molar-refractivity contribution in [3.05, 3.63) is 47.5 Å². The smallest absolute Gasteiger partial charge is 0.227 e. The van der Waals surface area contributed by atoms with Gasteiger partial charge >= 0.3 is 0 Å². The number of thiazole rings is 1. The van der Waals surface area contributed by atoms with Gasteiger partial charge in [-0.2, -0.15) is 0 Å². The Morgan fingerprint density at radius 2 is 2.00 bits per heavy atom. The molecule has 2 heterocycles. The van der Waals surface area contributed by atoms with E-state index in [-0.39, 0.29) is 5.91 Å². The van der Waals surface area contributed by atoms with Gasteiger partial charge < -0.3 is 14.5 Å². The minimum Gasteiger partial charge on any atom is -0.496 e. The number of ether oxygens (including phenoxy) is 1. The Morgan fingerprint density at radius 3 is 2.69 bits per heavy atom. The fourth-order valence-electron chi connectivity index (χ4n) is 3.70. The van der Waals surface area contributed by atoms with E-state index in [4.69, 9.17) is 9.72 Å². The van der Waals surface area contributed by atoms with Gasteiger partial charge in [0.1, 0.15) is 5.75 Å². The standard InChI is InChI=1S/C22H25N3O2S2/c1-15-13-16(7-8-17(15)27-2)14-20(26)24-9-11-25(12-10-24)22-23-21-18(28-3)5-4-6-19(21)29-22/h4-8,13H,9-12,14H2,1-3H3. The number of nitrogens with zero attached hydrogens (tertiary/aromatic N) is 3. The van der Waals surface area contributed by atoms with Gasteiger partial charge in [-0.15, -0.1) is 11.8 Å². The first kappa shape index (κ1) is 20.0. The van der Waals surface area contributed by atoms with Gasteiger partial charge in [-0.25, -0.2) is 4.98 Å². The summed E-state index contributed by atoms with van der Waals surface area (Å²) in [4.78, 5) is 23.1. The van der Waals surface area contributed by atoms with Gasteiger partial charge in [0.25, 0.3) is 0 Å². The molecule has 1 amide bonds. The van der Waals surface area contributed by atoms with Gasteiger partial charge in [-0.1, -0.05) is 29.5 Å². The summed E-state index contributed by atoms with van der Waals surface area (Å²) in [6.07, 6.45) is 2.52. The Kier molecular flexibility index (Phi) is 5.96. The van der Waals surface area contributed by atoms with E-state index in [1.807, 2.05) is 30.0 Å². The van der Waals surface area contributed by atoms with Crippen LogP contribution in [0.4, 0.5) is 5.13 Å². The summed E-state index contributed by atoms with van der Waals surface area (Å²) < 4.78 is 6.53. The number of fused-ring (bicyclic) bond motifs is 1. The van der Waals surface area contributed by atoms with Gasteiger partial charge in [-0.3, -0.25) is 4.79 Å². The summed E-state index contributed by atoms with van der Waals surface area (Å²) in [6, 6.07) is 12.3. The van der Waals surface area contributed by atoms with Crippen LogP contribution in [0.2, 0.25) is 0 Å². The highest BCUT2D eigenvalue weighted by molar-refractivity contribution is 7.98. The van der Waals surface area contributed by atoms with Crippen molar-refractivity contribution in [2.24, 2.45) is 0 Å². The SMILES string of the molecule is COc1ccc(CC(=O)N2CCN(c3nc4c(SC)cccc4s3)CC2)cc1C. The molecule has 152 valence electrons. The van der Waals surface area contributed by atoms with Crippen molar-refractivity contribution in [1.82, 2.24) is 9.88 Å². The molecular formula is C22H25N3O2S2. The zero-order valence-electron chi connectivity index (χ0n) is 17.0. The number of piperazine rings is 1. The van der Waals surface area contributed by atoms with Crippen LogP contribution in [-0.2, 0) is 11.2 Å². The van der Waals surface area contributed by atoms with E-state index in [0.29, 0.717) is 6.42 Å². The maximum absolute atomic E-state index is 12.8. The lowest BCUT2D eigenvalue weighted by molar-refractivity contribution is -0.130. The molecule has 0 atom stereocenters. The third-order valence-corrected chi connectivity index (χ3v) is 7.16. The van der Waals surface area contributed by atoms with Gasteiger partial charge in [0, 0.05) is 31.1 Å². The summed E-state index contributed by atoms with van der Waals surface area (Å²) in [6.45, 7) is 5.12. The molecule has 0 radical (unpaired) electrons. The van der Waals surface area contributed by atoms with Crippen LogP contribution in [0.1, 0.15) is 11.1 Å². The van der Waals surface area contributed by atoms with Gasteiger partial charge in [-0.05, 0) is 42.5 Å². The molecule has 1 fully saturated rings. The molecule has 29 heavy (non-hydrogen) atoms. The van der Waals surface area contributed by atoms with Crippen molar-refractivity contribution in [3.63, 3.8) is 0 Å². The molecule has 0 N–H and O–H groups in total. The van der Waals surface area contributed by atoms with Gasteiger partial charge in [0.2, 0.25) is 5.91 Å². The number of carbonyl (C=O) groups excluding carboxylic acids is 1. The first-order valence-corrected chi connectivity index (χ1v) is 11.7. The Morgan fingerprint density at radius 1 is 1.21 bits per heavy atom. The highest BCUT2D eigenvalue weighted by Gasteiger charge is 2.23. The van der Waals surface area contributed by atoms with Crippen molar-refractivity contribution >= 4 is 44.4 Å². The molecule has 0 unspecified atom stereocenters. The molecule has 3 aromatic rings. The topological polar surface area (TPSA) is 45.7 Å². The van der Waals surface area contributed by atoms with Crippen LogP contribution in [0.5, 0.6) is 5.75 Å². The molecule has 4 rings (SSSR count). The molecule has 0 spiro atoms. The molecule has 0 saturated carbocycles. The average Bonchev–Trinajstić information content (AvgIpc) is 3.18. The molecule has 1 aliphatic rings. The molecule has 0 bridgehead atoms. The molecular weight excluding hydrogens is 402 g/mol. The number of para-hydroxylation sites is 1. The Hall–Kier alpha value is -2.25. The van der Waals surface area contributed by atoms with Gasteiger partial charge in [0.05, 0.1) is 23.7 Å². The van der Waals surface area contributed by atoms with Crippen molar-refractivity contribution in [1.29, 1.82) is 0 Å². The number of aromatic nitrogens is 1. The number of amides is 1. The Labute approximate surface area is 179 Å². The van der Waals surface area contributed by atoms with E-state index in [1.165, 1.54) is 9.60 Å². The summed E-state index contributed by atoms with van der Waals surface area (Å²) in [5.74, 6) is 1.04. The molecule has 1 aromatic heterocycles. The highest BCUT2D eigenvalue weighted by atomic mass is 32.2.